The van der Waals surface area contributed by atoms with Crippen molar-refractivity contribution in [2.24, 2.45) is 0 Å². The Hall–Kier alpha value is -2.10. The molecule has 1 aromatic carbocycles. The van der Waals surface area contributed by atoms with E-state index >= 15 is 0 Å². The lowest BCUT2D eigenvalue weighted by Crippen LogP contribution is -2.15. The van der Waals surface area contributed by atoms with Crippen LogP contribution in [0, 0.1) is 0 Å². The van der Waals surface area contributed by atoms with Crippen LogP contribution in [0.3, 0.4) is 0 Å². The van der Waals surface area contributed by atoms with E-state index in [9.17, 15) is 9.59 Å². The van der Waals surface area contributed by atoms with E-state index in [1.807, 2.05) is 30.3 Å². The van der Waals surface area contributed by atoms with Crippen molar-refractivity contribution < 1.29 is 19.1 Å². The molecule has 0 atom stereocenters. The standard InChI is InChI=1S/C13H14O4/c1-2-6-12(14)17-10-13(15)16-9-11-7-4-3-5-8-11/h2-8H,9-10H2,1H3/b6-2-. The first kappa shape index (κ1) is 13.0. The van der Waals surface area contributed by atoms with Crippen molar-refractivity contribution in [3.05, 3.63) is 48.0 Å². The summed E-state index contributed by atoms with van der Waals surface area (Å²) in [4.78, 5) is 22.1. The van der Waals surface area contributed by atoms with Crippen molar-refractivity contribution in [3.63, 3.8) is 0 Å². The van der Waals surface area contributed by atoms with Gasteiger partial charge in [-0.3, -0.25) is 0 Å². The van der Waals surface area contributed by atoms with Gasteiger partial charge in [-0.25, -0.2) is 9.59 Å². The third-order valence-corrected chi connectivity index (χ3v) is 1.88. The summed E-state index contributed by atoms with van der Waals surface area (Å²) >= 11 is 0. The SMILES string of the molecule is C/C=C\C(=O)OCC(=O)OCc1ccccc1. The number of rotatable bonds is 5. The molecule has 0 aliphatic heterocycles. The van der Waals surface area contributed by atoms with Crippen molar-refractivity contribution in [2.45, 2.75) is 13.5 Å². The van der Waals surface area contributed by atoms with Crippen LogP contribution >= 0.6 is 0 Å². The molecule has 0 amide bonds. The molecule has 0 saturated heterocycles. The van der Waals surface area contributed by atoms with Crippen molar-refractivity contribution in [1.82, 2.24) is 0 Å². The lowest BCUT2D eigenvalue weighted by molar-refractivity contribution is -0.157. The van der Waals surface area contributed by atoms with Crippen LogP contribution in [0.4, 0.5) is 0 Å². The molecule has 17 heavy (non-hydrogen) atoms. The van der Waals surface area contributed by atoms with Gasteiger partial charge in [-0.05, 0) is 12.5 Å². The van der Waals surface area contributed by atoms with Gasteiger partial charge >= 0.3 is 11.9 Å². The molecule has 0 aliphatic carbocycles. The number of hydrogen-bond acceptors (Lipinski definition) is 4. The van der Waals surface area contributed by atoms with Crippen molar-refractivity contribution >= 4 is 11.9 Å². The number of allylic oxidation sites excluding steroid dienone is 1. The highest BCUT2D eigenvalue weighted by molar-refractivity contribution is 5.84. The number of hydrogen-bond donors (Lipinski definition) is 0. The third kappa shape index (κ3) is 5.51. The summed E-state index contributed by atoms with van der Waals surface area (Å²) in [5.74, 6) is -1.11. The molecule has 0 aliphatic rings. The molecule has 0 N–H and O–H groups in total. The highest BCUT2D eigenvalue weighted by atomic mass is 16.6. The van der Waals surface area contributed by atoms with E-state index in [-0.39, 0.29) is 13.2 Å². The summed E-state index contributed by atoms with van der Waals surface area (Å²) in [6.45, 7) is 1.51. The second-order valence-corrected chi connectivity index (χ2v) is 3.25. The minimum atomic E-state index is -0.563. The minimum absolute atomic E-state index is 0.181. The lowest BCUT2D eigenvalue weighted by atomic mass is 10.2. The first-order valence-corrected chi connectivity index (χ1v) is 5.21. The summed E-state index contributed by atoms with van der Waals surface area (Å²) in [6.07, 6.45) is 2.78. The van der Waals surface area contributed by atoms with Gasteiger partial charge in [0.2, 0.25) is 0 Å². The van der Waals surface area contributed by atoms with E-state index in [0.29, 0.717) is 0 Å². The molecule has 4 heteroatoms. The van der Waals surface area contributed by atoms with Crippen LogP contribution in [0.5, 0.6) is 0 Å². The van der Waals surface area contributed by atoms with E-state index in [1.165, 1.54) is 12.2 Å². The maximum atomic E-state index is 11.2. The Balaban J connectivity index is 2.24. The number of esters is 2. The molecule has 0 bridgehead atoms. The highest BCUT2D eigenvalue weighted by Crippen LogP contribution is 2.00. The maximum Gasteiger partial charge on any atom is 0.344 e. The molecule has 90 valence electrons. The van der Waals surface area contributed by atoms with Gasteiger partial charge in [0, 0.05) is 6.08 Å². The first-order valence-electron chi connectivity index (χ1n) is 5.21. The van der Waals surface area contributed by atoms with Gasteiger partial charge in [-0.2, -0.15) is 0 Å². The monoisotopic (exact) mass is 234 g/mol. The Morgan fingerprint density at radius 3 is 2.53 bits per heavy atom. The molecule has 1 rings (SSSR count). The smallest absolute Gasteiger partial charge is 0.344 e. The van der Waals surface area contributed by atoms with Gasteiger partial charge in [0.15, 0.2) is 6.61 Å². The van der Waals surface area contributed by atoms with E-state index in [1.54, 1.807) is 6.92 Å². The zero-order chi connectivity index (χ0) is 12.5. The normalized spacial score (nSPS) is 10.2. The Labute approximate surface area is 99.8 Å². The molecule has 0 saturated carbocycles. The lowest BCUT2D eigenvalue weighted by Gasteiger charge is -2.04. The topological polar surface area (TPSA) is 52.6 Å². The van der Waals surface area contributed by atoms with E-state index < -0.39 is 11.9 Å². The van der Waals surface area contributed by atoms with E-state index in [0.717, 1.165) is 5.56 Å². The summed E-state index contributed by atoms with van der Waals surface area (Å²) in [7, 11) is 0. The molecule has 0 aromatic heterocycles. The van der Waals surface area contributed by atoms with Crippen LogP contribution in [0.15, 0.2) is 42.5 Å². The van der Waals surface area contributed by atoms with Gasteiger partial charge in [0.25, 0.3) is 0 Å². The van der Waals surface area contributed by atoms with Crippen LogP contribution in [0.2, 0.25) is 0 Å². The molecule has 0 radical (unpaired) electrons. The average Bonchev–Trinajstić information content (AvgIpc) is 2.35. The molecule has 0 fully saturated rings. The van der Waals surface area contributed by atoms with Gasteiger partial charge in [-0.15, -0.1) is 0 Å². The summed E-state index contributed by atoms with van der Waals surface area (Å²) in [5.41, 5.74) is 0.889. The van der Waals surface area contributed by atoms with Crippen LogP contribution in [0.25, 0.3) is 0 Å². The molecule has 0 spiro atoms. The van der Waals surface area contributed by atoms with Gasteiger partial charge in [0.05, 0.1) is 0 Å². The third-order valence-electron chi connectivity index (χ3n) is 1.88. The Morgan fingerprint density at radius 2 is 1.88 bits per heavy atom. The molecular weight excluding hydrogens is 220 g/mol. The first-order chi connectivity index (χ1) is 8.22. The summed E-state index contributed by atoms with van der Waals surface area (Å²) < 4.78 is 9.55. The summed E-state index contributed by atoms with van der Waals surface area (Å²) in [6, 6.07) is 9.28. The summed E-state index contributed by atoms with van der Waals surface area (Å²) in [5, 5.41) is 0. The number of carbonyl (C=O) groups is 2. The van der Waals surface area contributed by atoms with Gasteiger partial charge in [-0.1, -0.05) is 36.4 Å². The Morgan fingerprint density at radius 1 is 1.18 bits per heavy atom. The quantitative estimate of drug-likeness (QED) is 0.576. The fourth-order valence-corrected chi connectivity index (χ4v) is 1.09. The highest BCUT2D eigenvalue weighted by Gasteiger charge is 2.06. The largest absolute Gasteiger partial charge is 0.458 e. The molecular formula is C13H14O4. The van der Waals surface area contributed by atoms with Crippen LogP contribution < -0.4 is 0 Å². The van der Waals surface area contributed by atoms with Crippen LogP contribution in [0.1, 0.15) is 12.5 Å². The van der Waals surface area contributed by atoms with Crippen molar-refractivity contribution in [3.8, 4) is 0 Å². The predicted octanol–water partition coefficient (Wildman–Crippen LogP) is 1.85. The molecule has 1 aromatic rings. The van der Waals surface area contributed by atoms with E-state index in [2.05, 4.69) is 4.74 Å². The zero-order valence-electron chi connectivity index (χ0n) is 9.59. The molecule has 0 unspecified atom stereocenters. The Bertz CT molecular complexity index is 395. The minimum Gasteiger partial charge on any atom is -0.458 e. The predicted molar refractivity (Wildman–Crippen MR) is 62.0 cm³/mol. The molecule has 0 heterocycles. The Kier molecular flexibility index (Phi) is 5.51. The fraction of sp³-hybridized carbons (Fsp3) is 0.231. The number of benzene rings is 1. The van der Waals surface area contributed by atoms with Crippen LogP contribution in [-0.4, -0.2) is 18.5 Å². The second-order valence-electron chi connectivity index (χ2n) is 3.25. The fourth-order valence-electron chi connectivity index (χ4n) is 1.09. The van der Waals surface area contributed by atoms with Gasteiger partial charge < -0.3 is 9.47 Å². The second kappa shape index (κ2) is 7.22. The van der Waals surface area contributed by atoms with Gasteiger partial charge in [0.1, 0.15) is 6.61 Å². The van der Waals surface area contributed by atoms with E-state index in [4.69, 9.17) is 4.74 Å². The maximum absolute atomic E-state index is 11.2. The van der Waals surface area contributed by atoms with Crippen molar-refractivity contribution in [1.29, 1.82) is 0 Å². The molecule has 4 nitrogen and oxygen atoms in total. The number of carbonyl (C=O) groups excluding carboxylic acids is 2. The number of ether oxygens (including phenoxy) is 2. The zero-order valence-corrected chi connectivity index (χ0v) is 9.59. The van der Waals surface area contributed by atoms with Crippen LogP contribution in [-0.2, 0) is 25.7 Å². The average molecular weight is 234 g/mol. The van der Waals surface area contributed by atoms with Crippen molar-refractivity contribution in [2.75, 3.05) is 6.61 Å².